The van der Waals surface area contributed by atoms with Gasteiger partial charge in [-0.2, -0.15) is 5.26 Å². The molecule has 3 heteroatoms. The van der Waals surface area contributed by atoms with Gasteiger partial charge >= 0.3 is 0 Å². The predicted octanol–water partition coefficient (Wildman–Crippen LogP) is 3.79. The summed E-state index contributed by atoms with van der Waals surface area (Å²) in [5.41, 5.74) is 3.03. The molecule has 0 atom stereocenters. The first kappa shape index (κ1) is 17.5. The lowest BCUT2D eigenvalue weighted by atomic mass is 10.1. The summed E-state index contributed by atoms with van der Waals surface area (Å²) in [7, 11) is 0. The second-order valence-electron chi connectivity index (χ2n) is 6.44. The lowest BCUT2D eigenvalue weighted by Crippen LogP contribution is -2.32. The summed E-state index contributed by atoms with van der Waals surface area (Å²) in [6, 6.07) is 8.63. The average molecular weight is 287 g/mol. The van der Waals surface area contributed by atoms with Gasteiger partial charge in [0.15, 0.2) is 0 Å². The minimum atomic E-state index is 0.580. The van der Waals surface area contributed by atoms with Crippen molar-refractivity contribution in [3.63, 3.8) is 0 Å². The maximum Gasteiger partial charge on any atom is 0.101 e. The van der Waals surface area contributed by atoms with E-state index in [0.717, 1.165) is 37.4 Å². The van der Waals surface area contributed by atoms with E-state index in [-0.39, 0.29) is 0 Å². The van der Waals surface area contributed by atoms with Crippen LogP contribution >= 0.6 is 0 Å². The third-order valence-electron chi connectivity index (χ3n) is 3.27. The molecule has 0 amide bonds. The molecule has 0 heterocycles. The van der Waals surface area contributed by atoms with Gasteiger partial charge in [0.25, 0.3) is 0 Å². The van der Waals surface area contributed by atoms with Crippen molar-refractivity contribution in [1.29, 1.82) is 5.26 Å². The van der Waals surface area contributed by atoms with Gasteiger partial charge in [-0.05, 0) is 36.1 Å². The van der Waals surface area contributed by atoms with Crippen LogP contribution in [0, 0.1) is 23.2 Å². The molecule has 0 saturated carbocycles. The molecule has 0 spiro atoms. The molecule has 0 aliphatic heterocycles. The van der Waals surface area contributed by atoms with Gasteiger partial charge < -0.3 is 10.2 Å². The van der Waals surface area contributed by atoms with Crippen LogP contribution in [0.4, 0.5) is 5.69 Å². The summed E-state index contributed by atoms with van der Waals surface area (Å²) in [5.74, 6) is 1.16. The van der Waals surface area contributed by atoms with Crippen molar-refractivity contribution < 1.29 is 0 Å². The molecule has 116 valence electrons. The Bertz CT molecular complexity index is 462. The van der Waals surface area contributed by atoms with E-state index >= 15 is 0 Å². The Balaban J connectivity index is 3.03. The minimum Gasteiger partial charge on any atom is -0.370 e. The van der Waals surface area contributed by atoms with Crippen molar-refractivity contribution >= 4 is 5.69 Å². The highest BCUT2D eigenvalue weighted by Crippen LogP contribution is 2.23. The number of nitrogens with zero attached hydrogens (tertiary/aromatic N) is 2. The number of rotatable bonds is 8. The van der Waals surface area contributed by atoms with Crippen molar-refractivity contribution in [2.24, 2.45) is 11.8 Å². The van der Waals surface area contributed by atoms with Crippen LogP contribution in [0.3, 0.4) is 0 Å². The first-order chi connectivity index (χ1) is 9.97. The van der Waals surface area contributed by atoms with E-state index < -0.39 is 0 Å². The van der Waals surface area contributed by atoms with Gasteiger partial charge in [-0.25, -0.2) is 0 Å². The van der Waals surface area contributed by atoms with Crippen LogP contribution in [0.2, 0.25) is 0 Å². The predicted molar refractivity (Wildman–Crippen MR) is 90.4 cm³/mol. The van der Waals surface area contributed by atoms with Crippen LogP contribution in [-0.4, -0.2) is 19.6 Å². The maximum absolute atomic E-state index is 9.49. The smallest absolute Gasteiger partial charge is 0.101 e. The molecular formula is C18H29N3. The highest BCUT2D eigenvalue weighted by molar-refractivity contribution is 5.60. The lowest BCUT2D eigenvalue weighted by Gasteiger charge is -2.29. The first-order valence-corrected chi connectivity index (χ1v) is 7.96. The van der Waals surface area contributed by atoms with Crippen molar-refractivity contribution in [3.05, 3.63) is 29.3 Å². The SMILES string of the molecule is CCNCc1ccc(N(CC(C)C)CC(C)C)c(C#N)c1. The molecule has 0 unspecified atom stereocenters. The summed E-state index contributed by atoms with van der Waals surface area (Å²) in [5, 5.41) is 12.8. The standard InChI is InChI=1S/C18H29N3/c1-6-20-11-16-7-8-18(17(9-16)10-19)21(12-14(2)3)13-15(4)5/h7-9,14-15,20H,6,11-13H2,1-5H3. The molecule has 3 nitrogen and oxygen atoms in total. The highest BCUT2D eigenvalue weighted by Gasteiger charge is 2.14. The van der Waals surface area contributed by atoms with Gasteiger partial charge in [-0.1, -0.05) is 40.7 Å². The monoisotopic (exact) mass is 287 g/mol. The second-order valence-corrected chi connectivity index (χ2v) is 6.44. The molecule has 0 aliphatic rings. The number of nitriles is 1. The molecule has 0 saturated heterocycles. The van der Waals surface area contributed by atoms with E-state index in [9.17, 15) is 5.26 Å². The van der Waals surface area contributed by atoms with E-state index in [1.54, 1.807) is 0 Å². The zero-order chi connectivity index (χ0) is 15.8. The van der Waals surface area contributed by atoms with Gasteiger partial charge in [0.05, 0.1) is 11.3 Å². The Labute approximate surface area is 130 Å². The van der Waals surface area contributed by atoms with Crippen LogP contribution < -0.4 is 10.2 Å². The molecule has 0 fully saturated rings. The van der Waals surface area contributed by atoms with E-state index in [1.165, 1.54) is 5.56 Å². The molecule has 1 rings (SSSR count). The Morgan fingerprint density at radius 2 is 1.76 bits per heavy atom. The largest absolute Gasteiger partial charge is 0.370 e. The number of nitrogens with one attached hydrogen (secondary N) is 1. The Morgan fingerprint density at radius 1 is 1.14 bits per heavy atom. The topological polar surface area (TPSA) is 39.1 Å². The highest BCUT2D eigenvalue weighted by atomic mass is 15.1. The lowest BCUT2D eigenvalue weighted by molar-refractivity contribution is 0.552. The van der Waals surface area contributed by atoms with Crippen molar-refractivity contribution in [2.45, 2.75) is 41.2 Å². The van der Waals surface area contributed by atoms with Crippen LogP contribution in [0.25, 0.3) is 0 Å². The Kier molecular flexibility index (Phi) is 7.25. The molecule has 1 N–H and O–H groups in total. The van der Waals surface area contributed by atoms with E-state index in [4.69, 9.17) is 0 Å². The van der Waals surface area contributed by atoms with Crippen molar-refractivity contribution in [1.82, 2.24) is 5.32 Å². The van der Waals surface area contributed by atoms with E-state index in [1.807, 2.05) is 6.07 Å². The minimum absolute atomic E-state index is 0.580. The Hall–Kier alpha value is -1.53. The first-order valence-electron chi connectivity index (χ1n) is 7.96. The third kappa shape index (κ3) is 5.77. The fraction of sp³-hybridized carbons (Fsp3) is 0.611. The van der Waals surface area contributed by atoms with Crippen molar-refractivity contribution in [3.8, 4) is 6.07 Å². The van der Waals surface area contributed by atoms with Gasteiger partial charge in [-0.3, -0.25) is 0 Å². The molecule has 0 radical (unpaired) electrons. The van der Waals surface area contributed by atoms with E-state index in [0.29, 0.717) is 11.8 Å². The average Bonchev–Trinajstić information content (AvgIpc) is 2.43. The summed E-state index contributed by atoms with van der Waals surface area (Å²) >= 11 is 0. The summed E-state index contributed by atoms with van der Waals surface area (Å²) in [4.78, 5) is 2.35. The molecule has 0 bridgehead atoms. The molecule has 1 aromatic rings. The van der Waals surface area contributed by atoms with Crippen LogP contribution in [0.1, 0.15) is 45.7 Å². The second kappa shape index (κ2) is 8.69. The van der Waals surface area contributed by atoms with E-state index in [2.05, 4.69) is 63.0 Å². The zero-order valence-electron chi connectivity index (χ0n) is 14.1. The maximum atomic E-state index is 9.49. The van der Waals surface area contributed by atoms with Gasteiger partial charge in [0, 0.05) is 19.6 Å². The number of hydrogen-bond acceptors (Lipinski definition) is 3. The number of hydrogen-bond donors (Lipinski definition) is 1. The number of benzene rings is 1. The van der Waals surface area contributed by atoms with Crippen molar-refractivity contribution in [2.75, 3.05) is 24.5 Å². The van der Waals surface area contributed by atoms with Crippen LogP contribution in [0.15, 0.2) is 18.2 Å². The fourth-order valence-electron chi connectivity index (χ4n) is 2.48. The molecule has 0 aliphatic carbocycles. The molecular weight excluding hydrogens is 258 g/mol. The van der Waals surface area contributed by atoms with Gasteiger partial charge in [0.2, 0.25) is 0 Å². The van der Waals surface area contributed by atoms with Crippen LogP contribution in [0.5, 0.6) is 0 Å². The normalized spacial score (nSPS) is 11.0. The zero-order valence-corrected chi connectivity index (χ0v) is 14.1. The fourth-order valence-corrected chi connectivity index (χ4v) is 2.48. The van der Waals surface area contributed by atoms with Gasteiger partial charge in [0.1, 0.15) is 6.07 Å². The molecule has 0 aromatic heterocycles. The van der Waals surface area contributed by atoms with Crippen LogP contribution in [-0.2, 0) is 6.54 Å². The Morgan fingerprint density at radius 3 is 2.24 bits per heavy atom. The molecule has 1 aromatic carbocycles. The van der Waals surface area contributed by atoms with Gasteiger partial charge in [-0.15, -0.1) is 0 Å². The molecule has 21 heavy (non-hydrogen) atoms. The summed E-state index contributed by atoms with van der Waals surface area (Å²) in [6.45, 7) is 14.7. The summed E-state index contributed by atoms with van der Waals surface area (Å²) in [6.07, 6.45) is 0. The quantitative estimate of drug-likeness (QED) is 0.790. The number of anilines is 1. The summed E-state index contributed by atoms with van der Waals surface area (Å²) < 4.78 is 0. The third-order valence-corrected chi connectivity index (χ3v) is 3.27.